The molecular weight excluding hydrogens is 491 g/mol. The average Bonchev–Trinajstić information content (AvgIpc) is 2.81. The summed E-state index contributed by atoms with van der Waals surface area (Å²) >= 11 is 0. The molecule has 196 valence electrons. The third kappa shape index (κ3) is 6.15. The van der Waals surface area contributed by atoms with Gasteiger partial charge in [-0.3, -0.25) is 4.55 Å². The molecule has 0 aliphatic heterocycles. The summed E-state index contributed by atoms with van der Waals surface area (Å²) in [5.41, 5.74) is 2.06. The van der Waals surface area contributed by atoms with Gasteiger partial charge in [0.15, 0.2) is 0 Å². The minimum atomic E-state index is -5.98. The fraction of sp³-hybridized carbons (Fsp3) is 0.652. The van der Waals surface area contributed by atoms with Gasteiger partial charge >= 0.3 is 27.3 Å². The fourth-order valence-corrected chi connectivity index (χ4v) is 6.19. The summed E-state index contributed by atoms with van der Waals surface area (Å²) < 4.78 is 69.9. The zero-order valence-electron chi connectivity index (χ0n) is 21.1. The van der Waals surface area contributed by atoms with E-state index in [-0.39, 0.29) is 37.7 Å². The molecule has 36 heavy (non-hydrogen) atoms. The maximum Gasteiger partial charge on any atom is 0.465 e. The number of esters is 2. The van der Waals surface area contributed by atoms with Crippen LogP contribution in [0.3, 0.4) is 0 Å². The SMILES string of the molecule is BCc1cc(CB)c(CB)c(C(=O)OCCC2(OC(=O)C(F)(F)S(=O)(=O)O)CC3CCCC(C3)C2)c1. The van der Waals surface area contributed by atoms with E-state index in [1.165, 1.54) is 0 Å². The van der Waals surface area contributed by atoms with Crippen molar-refractivity contribution in [3.8, 4) is 0 Å². The van der Waals surface area contributed by atoms with Crippen LogP contribution in [-0.4, -0.2) is 65.9 Å². The van der Waals surface area contributed by atoms with Gasteiger partial charge in [0.1, 0.15) is 29.1 Å². The molecule has 0 saturated heterocycles. The lowest BCUT2D eigenvalue weighted by molar-refractivity contribution is -0.188. The van der Waals surface area contributed by atoms with Crippen LogP contribution in [0.4, 0.5) is 8.78 Å². The molecule has 1 aromatic rings. The molecule has 2 aliphatic rings. The normalized spacial score (nSPS) is 24.2. The van der Waals surface area contributed by atoms with Gasteiger partial charge in [0.2, 0.25) is 0 Å². The van der Waals surface area contributed by atoms with Crippen molar-refractivity contribution in [2.75, 3.05) is 6.61 Å². The monoisotopic (exact) mass is 524 g/mol. The molecule has 2 bridgehead atoms. The second-order valence-electron chi connectivity index (χ2n) is 10.1. The summed E-state index contributed by atoms with van der Waals surface area (Å²) in [4.78, 5) is 25.3. The van der Waals surface area contributed by atoms with E-state index in [4.69, 9.17) is 14.0 Å². The van der Waals surface area contributed by atoms with Gasteiger partial charge in [0, 0.05) is 6.42 Å². The molecule has 2 fully saturated rings. The number of carbonyl (C=O) groups excluding carboxylic acids is 2. The number of hydrogen-bond acceptors (Lipinski definition) is 6. The van der Waals surface area contributed by atoms with Crippen LogP contribution >= 0.6 is 0 Å². The van der Waals surface area contributed by atoms with Crippen LogP contribution in [0.25, 0.3) is 0 Å². The summed E-state index contributed by atoms with van der Waals surface area (Å²) in [6.45, 7) is -0.177. The molecule has 0 heterocycles. The Morgan fingerprint density at radius 3 is 2.25 bits per heavy atom. The van der Waals surface area contributed by atoms with E-state index in [0.29, 0.717) is 11.9 Å². The topological polar surface area (TPSA) is 107 Å². The van der Waals surface area contributed by atoms with Crippen LogP contribution in [0.15, 0.2) is 12.1 Å². The molecule has 1 N–H and O–H groups in total. The Hall–Kier alpha value is -1.88. The minimum Gasteiger partial charge on any atom is -0.462 e. The van der Waals surface area contributed by atoms with Crippen LogP contribution in [0, 0.1) is 11.8 Å². The maximum atomic E-state index is 14.0. The van der Waals surface area contributed by atoms with Gasteiger partial charge in [-0.1, -0.05) is 55.4 Å². The predicted molar refractivity (Wildman–Crippen MR) is 138 cm³/mol. The van der Waals surface area contributed by atoms with Crippen molar-refractivity contribution in [2.24, 2.45) is 11.8 Å². The molecule has 2 saturated carbocycles. The quantitative estimate of drug-likeness (QED) is 0.277. The molecule has 3 rings (SSSR count). The zero-order chi connectivity index (χ0) is 26.7. The Labute approximate surface area is 214 Å². The highest BCUT2D eigenvalue weighted by Crippen LogP contribution is 2.48. The van der Waals surface area contributed by atoms with E-state index in [0.717, 1.165) is 55.0 Å². The predicted octanol–water partition coefficient (Wildman–Crippen LogP) is 0.996. The van der Waals surface area contributed by atoms with E-state index in [1.807, 2.05) is 29.6 Å². The van der Waals surface area contributed by atoms with Crippen LogP contribution in [0.2, 0.25) is 0 Å². The summed E-state index contributed by atoms with van der Waals surface area (Å²) in [6.07, 6.45) is 6.27. The Kier molecular flexibility index (Phi) is 8.97. The molecule has 2 aliphatic carbocycles. The molecule has 2 atom stereocenters. The van der Waals surface area contributed by atoms with Gasteiger partial charge in [-0.25, -0.2) is 9.59 Å². The molecule has 0 spiro atoms. The number of alkyl halides is 2. The highest BCUT2D eigenvalue weighted by Gasteiger charge is 2.57. The second-order valence-corrected chi connectivity index (χ2v) is 11.6. The van der Waals surface area contributed by atoms with Crippen molar-refractivity contribution in [3.63, 3.8) is 0 Å². The molecule has 13 heteroatoms. The number of hydrogen-bond donors (Lipinski definition) is 1. The van der Waals surface area contributed by atoms with Crippen molar-refractivity contribution in [2.45, 2.75) is 74.8 Å². The first-order chi connectivity index (χ1) is 16.9. The first-order valence-electron chi connectivity index (χ1n) is 12.8. The summed E-state index contributed by atoms with van der Waals surface area (Å²) in [5, 5.41) is -5.07. The molecule has 0 radical (unpaired) electrons. The summed E-state index contributed by atoms with van der Waals surface area (Å²) in [7, 11) is -0.00890. The van der Waals surface area contributed by atoms with E-state index in [1.54, 1.807) is 0 Å². The lowest BCUT2D eigenvalue weighted by Crippen LogP contribution is -2.50. The summed E-state index contributed by atoms with van der Waals surface area (Å²) in [6, 6.07) is 3.90. The van der Waals surface area contributed by atoms with Crippen molar-refractivity contribution >= 4 is 45.6 Å². The zero-order valence-corrected chi connectivity index (χ0v) is 22.0. The van der Waals surface area contributed by atoms with Crippen LogP contribution < -0.4 is 0 Å². The van der Waals surface area contributed by atoms with Gasteiger partial charge < -0.3 is 9.47 Å². The number of fused-ring (bicyclic) bond motifs is 2. The van der Waals surface area contributed by atoms with Crippen LogP contribution in [0.5, 0.6) is 0 Å². The van der Waals surface area contributed by atoms with E-state index < -0.39 is 32.9 Å². The highest BCUT2D eigenvalue weighted by molar-refractivity contribution is 7.87. The average molecular weight is 524 g/mol. The lowest BCUT2D eigenvalue weighted by Gasteiger charge is -2.46. The van der Waals surface area contributed by atoms with Crippen molar-refractivity contribution in [1.29, 1.82) is 0 Å². The number of carbonyl (C=O) groups is 2. The third-order valence-electron chi connectivity index (χ3n) is 7.64. The Balaban J connectivity index is 1.80. The van der Waals surface area contributed by atoms with Gasteiger partial charge in [-0.15, -0.1) is 0 Å². The largest absolute Gasteiger partial charge is 0.465 e. The lowest BCUT2D eigenvalue weighted by atomic mass is 9.65. The van der Waals surface area contributed by atoms with E-state index >= 15 is 0 Å². The van der Waals surface area contributed by atoms with Gasteiger partial charge in [-0.2, -0.15) is 17.2 Å². The number of benzene rings is 1. The van der Waals surface area contributed by atoms with Gasteiger partial charge in [0.25, 0.3) is 0 Å². The summed E-state index contributed by atoms with van der Waals surface area (Å²) in [5.74, 6) is -2.55. The highest BCUT2D eigenvalue weighted by atomic mass is 32.2. The molecule has 2 unspecified atom stereocenters. The van der Waals surface area contributed by atoms with E-state index in [2.05, 4.69) is 6.07 Å². The van der Waals surface area contributed by atoms with E-state index in [9.17, 15) is 26.8 Å². The van der Waals surface area contributed by atoms with Crippen molar-refractivity contribution < 1.29 is 40.8 Å². The van der Waals surface area contributed by atoms with Crippen LogP contribution in [-0.2, 0) is 43.3 Å². The molecule has 1 aromatic carbocycles. The minimum absolute atomic E-state index is 0.0331. The second kappa shape index (κ2) is 11.2. The Bertz CT molecular complexity index is 1090. The number of halogens is 2. The molecule has 7 nitrogen and oxygen atoms in total. The standard InChI is InChI=1S/C23H33B3F2O7S/c24-11-16-7-17(12-25)19(13-26)18(8-16)20(29)34-5-4-22(9-14-2-1-3-15(6-14)10-22)35-21(30)23(27,28)36(31,32)33/h7-8,14-15H,1-6,9-13,24-26H2,(H,31,32,33). The van der Waals surface area contributed by atoms with Gasteiger partial charge in [0.05, 0.1) is 12.2 Å². The smallest absolute Gasteiger partial charge is 0.462 e. The fourth-order valence-electron chi connectivity index (χ4n) is 5.93. The first-order valence-corrected chi connectivity index (χ1v) is 14.2. The van der Waals surface area contributed by atoms with Gasteiger partial charge in [-0.05, 0) is 42.7 Å². The third-order valence-corrected chi connectivity index (χ3v) is 8.45. The Morgan fingerprint density at radius 1 is 1.08 bits per heavy atom. The maximum absolute atomic E-state index is 14.0. The Morgan fingerprint density at radius 2 is 1.72 bits per heavy atom. The van der Waals surface area contributed by atoms with Crippen molar-refractivity contribution in [1.82, 2.24) is 0 Å². The van der Waals surface area contributed by atoms with Crippen molar-refractivity contribution in [3.05, 3.63) is 34.4 Å². The number of ether oxygens (including phenoxy) is 2. The van der Waals surface area contributed by atoms with Crippen LogP contribution in [0.1, 0.15) is 72.0 Å². The molecular formula is C23H33B3F2O7S. The number of rotatable bonds is 10. The molecule has 0 amide bonds. The molecule has 0 aromatic heterocycles. The first kappa shape index (κ1) is 28.7.